The molecule has 5 nitrogen and oxygen atoms in total. The molecular formula is C14H18Cl2N4O. The molecule has 2 aromatic rings. The van der Waals surface area contributed by atoms with Crippen molar-refractivity contribution >= 4 is 23.2 Å². The van der Waals surface area contributed by atoms with Crippen LogP contribution in [0.4, 0.5) is 0 Å². The number of rotatable bonds is 6. The van der Waals surface area contributed by atoms with Crippen molar-refractivity contribution in [1.82, 2.24) is 15.2 Å². The van der Waals surface area contributed by atoms with Crippen LogP contribution in [0.1, 0.15) is 24.2 Å². The van der Waals surface area contributed by atoms with Crippen molar-refractivity contribution in [2.75, 3.05) is 7.11 Å². The highest BCUT2D eigenvalue weighted by Crippen LogP contribution is 2.32. The van der Waals surface area contributed by atoms with Crippen LogP contribution >= 0.6 is 23.2 Å². The molecule has 0 amide bonds. The summed E-state index contributed by atoms with van der Waals surface area (Å²) in [5.74, 6) is 6.41. The van der Waals surface area contributed by atoms with Gasteiger partial charge in [-0.25, -0.2) is 0 Å². The maximum Gasteiger partial charge on any atom is 0.161 e. The monoisotopic (exact) mass is 328 g/mol. The molecule has 0 saturated heterocycles. The number of hydrogen-bond donors (Lipinski definition) is 2. The number of methoxy groups -OCH3 is 1. The molecule has 0 spiro atoms. The van der Waals surface area contributed by atoms with Crippen LogP contribution < -0.4 is 16.0 Å². The topological polar surface area (TPSA) is 65.1 Å². The molecule has 0 bridgehead atoms. The summed E-state index contributed by atoms with van der Waals surface area (Å²) < 4.78 is 7.21. The van der Waals surface area contributed by atoms with Crippen LogP contribution in [-0.4, -0.2) is 16.9 Å². The quantitative estimate of drug-likeness (QED) is 0.632. The highest BCUT2D eigenvalue weighted by molar-refractivity contribution is 6.36. The number of nitrogens with zero attached hydrogens (tertiary/aromatic N) is 2. The third-order valence-electron chi connectivity index (χ3n) is 3.37. The highest BCUT2D eigenvalue weighted by Gasteiger charge is 2.22. The number of benzene rings is 1. The Balaban J connectivity index is 2.39. The molecular weight excluding hydrogens is 311 g/mol. The molecule has 1 heterocycles. The molecule has 7 heteroatoms. The first-order valence-corrected chi connectivity index (χ1v) is 7.36. The average molecular weight is 329 g/mol. The van der Waals surface area contributed by atoms with Crippen molar-refractivity contribution < 1.29 is 4.74 Å². The number of hydrazine groups is 1. The number of aromatic nitrogens is 2. The Bertz CT molecular complexity index is 573. The fourth-order valence-corrected chi connectivity index (χ4v) is 2.86. The standard InChI is InChI=1S/C14H18Cl2N4O/c1-3-20-14(13(21-2)8-18-20)12(19-17)7-9-10(15)5-4-6-11(9)16/h4-6,8,12,19H,3,7,17H2,1-2H3. The van der Waals surface area contributed by atoms with E-state index in [-0.39, 0.29) is 6.04 Å². The maximum absolute atomic E-state index is 6.23. The van der Waals surface area contributed by atoms with Gasteiger partial charge in [0.05, 0.1) is 25.0 Å². The molecule has 2 rings (SSSR count). The third-order valence-corrected chi connectivity index (χ3v) is 4.07. The second kappa shape index (κ2) is 7.13. The number of nitrogens with two attached hydrogens (primary N) is 1. The van der Waals surface area contributed by atoms with Crippen molar-refractivity contribution in [3.8, 4) is 5.75 Å². The predicted molar refractivity (Wildman–Crippen MR) is 84.7 cm³/mol. The summed E-state index contributed by atoms with van der Waals surface area (Å²) in [6.07, 6.45) is 2.22. The lowest BCUT2D eigenvalue weighted by Gasteiger charge is -2.20. The largest absolute Gasteiger partial charge is 0.493 e. The van der Waals surface area contributed by atoms with Gasteiger partial charge in [0.2, 0.25) is 0 Å². The van der Waals surface area contributed by atoms with Gasteiger partial charge in [0.25, 0.3) is 0 Å². The van der Waals surface area contributed by atoms with E-state index in [0.29, 0.717) is 28.8 Å². The maximum atomic E-state index is 6.23. The Morgan fingerprint density at radius 1 is 1.38 bits per heavy atom. The summed E-state index contributed by atoms with van der Waals surface area (Å²) in [5, 5.41) is 5.52. The van der Waals surface area contributed by atoms with Gasteiger partial charge in [0, 0.05) is 16.6 Å². The van der Waals surface area contributed by atoms with E-state index >= 15 is 0 Å². The fraction of sp³-hybridized carbons (Fsp3) is 0.357. The summed E-state index contributed by atoms with van der Waals surface area (Å²) >= 11 is 12.5. The first kappa shape index (κ1) is 16.1. The fourth-order valence-electron chi connectivity index (χ4n) is 2.30. The highest BCUT2D eigenvalue weighted by atomic mass is 35.5. The molecule has 21 heavy (non-hydrogen) atoms. The number of nitrogens with one attached hydrogen (secondary N) is 1. The van der Waals surface area contributed by atoms with Gasteiger partial charge in [-0.1, -0.05) is 29.3 Å². The first-order valence-electron chi connectivity index (χ1n) is 6.61. The minimum atomic E-state index is -0.209. The smallest absolute Gasteiger partial charge is 0.161 e. The van der Waals surface area contributed by atoms with Gasteiger partial charge in [-0.05, 0) is 31.0 Å². The Labute approximate surface area is 134 Å². The van der Waals surface area contributed by atoms with Gasteiger partial charge in [-0.3, -0.25) is 16.0 Å². The number of hydrogen-bond acceptors (Lipinski definition) is 4. The van der Waals surface area contributed by atoms with Crippen LogP contribution in [0.2, 0.25) is 10.0 Å². The van der Waals surface area contributed by atoms with E-state index in [1.165, 1.54) is 0 Å². The van der Waals surface area contributed by atoms with E-state index in [0.717, 1.165) is 11.3 Å². The summed E-state index contributed by atoms with van der Waals surface area (Å²) in [5.41, 5.74) is 4.51. The minimum absolute atomic E-state index is 0.209. The average Bonchev–Trinajstić information content (AvgIpc) is 2.90. The molecule has 0 aliphatic heterocycles. The van der Waals surface area contributed by atoms with Gasteiger partial charge >= 0.3 is 0 Å². The predicted octanol–water partition coefficient (Wildman–Crippen LogP) is 2.97. The second-order valence-electron chi connectivity index (χ2n) is 4.54. The van der Waals surface area contributed by atoms with Crippen LogP contribution in [0, 0.1) is 0 Å². The van der Waals surface area contributed by atoms with E-state index in [9.17, 15) is 0 Å². The molecule has 0 saturated carbocycles. The molecule has 0 aliphatic carbocycles. The summed E-state index contributed by atoms with van der Waals surface area (Å²) in [6.45, 7) is 2.72. The molecule has 0 radical (unpaired) electrons. The lowest BCUT2D eigenvalue weighted by atomic mass is 10.0. The molecule has 1 atom stereocenters. The van der Waals surface area contributed by atoms with Gasteiger partial charge in [-0.2, -0.15) is 5.10 Å². The SMILES string of the molecule is CCn1ncc(OC)c1C(Cc1c(Cl)cccc1Cl)NN. The molecule has 1 aromatic carbocycles. The van der Waals surface area contributed by atoms with E-state index in [1.807, 2.05) is 29.8 Å². The molecule has 1 aromatic heterocycles. The summed E-state index contributed by atoms with van der Waals surface area (Å²) in [7, 11) is 1.61. The van der Waals surface area contributed by atoms with Crippen LogP contribution in [0.15, 0.2) is 24.4 Å². The summed E-state index contributed by atoms with van der Waals surface area (Å²) in [4.78, 5) is 0. The molecule has 0 fully saturated rings. The van der Waals surface area contributed by atoms with Crippen LogP contribution in [0.25, 0.3) is 0 Å². The Kier molecular flexibility index (Phi) is 5.47. The van der Waals surface area contributed by atoms with Crippen LogP contribution in [0.3, 0.4) is 0 Å². The van der Waals surface area contributed by atoms with Gasteiger partial charge < -0.3 is 4.74 Å². The van der Waals surface area contributed by atoms with Crippen molar-refractivity contribution in [2.45, 2.75) is 25.9 Å². The zero-order valence-electron chi connectivity index (χ0n) is 11.9. The zero-order valence-corrected chi connectivity index (χ0v) is 13.4. The molecule has 114 valence electrons. The Morgan fingerprint density at radius 2 is 2.05 bits per heavy atom. The lowest BCUT2D eigenvalue weighted by molar-refractivity contribution is 0.391. The van der Waals surface area contributed by atoms with Crippen LogP contribution in [-0.2, 0) is 13.0 Å². The molecule has 1 unspecified atom stereocenters. The number of ether oxygens (including phenoxy) is 1. The lowest BCUT2D eigenvalue weighted by Crippen LogP contribution is -2.32. The Morgan fingerprint density at radius 3 is 2.57 bits per heavy atom. The van der Waals surface area contributed by atoms with Crippen LogP contribution in [0.5, 0.6) is 5.75 Å². The first-order chi connectivity index (χ1) is 10.1. The Hall–Kier alpha value is -1.27. The van der Waals surface area contributed by atoms with Gasteiger partial charge in [-0.15, -0.1) is 0 Å². The van der Waals surface area contributed by atoms with E-state index in [1.54, 1.807) is 13.3 Å². The van der Waals surface area contributed by atoms with Crippen molar-refractivity contribution in [1.29, 1.82) is 0 Å². The van der Waals surface area contributed by atoms with E-state index in [2.05, 4.69) is 10.5 Å². The third kappa shape index (κ3) is 3.32. The molecule has 3 N–H and O–H groups in total. The van der Waals surface area contributed by atoms with Crippen molar-refractivity contribution in [3.63, 3.8) is 0 Å². The van der Waals surface area contributed by atoms with E-state index < -0.39 is 0 Å². The minimum Gasteiger partial charge on any atom is -0.493 e. The second-order valence-corrected chi connectivity index (χ2v) is 5.35. The zero-order chi connectivity index (χ0) is 15.4. The summed E-state index contributed by atoms with van der Waals surface area (Å²) in [6, 6.07) is 5.23. The van der Waals surface area contributed by atoms with Crippen molar-refractivity contribution in [3.05, 3.63) is 45.7 Å². The normalized spacial score (nSPS) is 12.4. The van der Waals surface area contributed by atoms with Gasteiger partial charge in [0.15, 0.2) is 5.75 Å². The number of halogens is 2. The van der Waals surface area contributed by atoms with E-state index in [4.69, 9.17) is 33.8 Å². The number of aryl methyl sites for hydroxylation is 1. The van der Waals surface area contributed by atoms with Gasteiger partial charge in [0.1, 0.15) is 0 Å². The van der Waals surface area contributed by atoms with Crippen molar-refractivity contribution in [2.24, 2.45) is 5.84 Å². The molecule has 0 aliphatic rings.